The summed E-state index contributed by atoms with van der Waals surface area (Å²) in [5, 5.41) is 10.8. The van der Waals surface area contributed by atoms with Gasteiger partial charge in [0.05, 0.1) is 6.54 Å². The van der Waals surface area contributed by atoms with Gasteiger partial charge in [-0.15, -0.1) is 0 Å². The van der Waals surface area contributed by atoms with Gasteiger partial charge in [0, 0.05) is 42.3 Å². The zero-order valence-electron chi connectivity index (χ0n) is 17.1. The summed E-state index contributed by atoms with van der Waals surface area (Å²) in [5.41, 5.74) is 4.19. The van der Waals surface area contributed by atoms with Crippen LogP contribution in [-0.4, -0.2) is 36.5 Å². The van der Waals surface area contributed by atoms with E-state index in [0.717, 1.165) is 31.0 Å². The van der Waals surface area contributed by atoms with Crippen LogP contribution in [0.4, 0.5) is 0 Å². The summed E-state index contributed by atoms with van der Waals surface area (Å²) in [6.07, 6.45) is 2.99. The van der Waals surface area contributed by atoms with Crippen LogP contribution in [0.15, 0.2) is 59.7 Å². The molecule has 0 atom stereocenters. The summed E-state index contributed by atoms with van der Waals surface area (Å²) in [6.45, 7) is 6.74. The first-order chi connectivity index (χ1) is 14.2. The van der Waals surface area contributed by atoms with Crippen LogP contribution in [0.5, 0.6) is 0 Å². The highest BCUT2D eigenvalue weighted by Crippen LogP contribution is 2.17. The molecule has 6 heteroatoms. The smallest absolute Gasteiger partial charge is 0.251 e. The minimum atomic E-state index is -0.0464. The molecule has 0 unspecified atom stereocenters. The van der Waals surface area contributed by atoms with Crippen LogP contribution in [0.3, 0.4) is 0 Å². The minimum Gasteiger partial charge on any atom is -0.361 e. The molecule has 2 aromatic carbocycles. The Morgan fingerprint density at radius 3 is 2.48 bits per heavy atom. The molecule has 29 heavy (non-hydrogen) atoms. The van der Waals surface area contributed by atoms with Crippen molar-refractivity contribution in [3.05, 3.63) is 71.4 Å². The van der Waals surface area contributed by atoms with Gasteiger partial charge in [-0.25, -0.2) is 4.99 Å². The summed E-state index contributed by atoms with van der Waals surface area (Å²) in [4.78, 5) is 19.8. The van der Waals surface area contributed by atoms with Crippen molar-refractivity contribution in [3.63, 3.8) is 0 Å². The zero-order valence-corrected chi connectivity index (χ0v) is 17.1. The Morgan fingerprint density at radius 2 is 1.72 bits per heavy atom. The summed E-state index contributed by atoms with van der Waals surface area (Å²) in [5.74, 6) is 0.745. The normalized spacial score (nSPS) is 11.4. The van der Waals surface area contributed by atoms with Gasteiger partial charge in [0.2, 0.25) is 0 Å². The van der Waals surface area contributed by atoms with Crippen LogP contribution in [0, 0.1) is 0 Å². The van der Waals surface area contributed by atoms with E-state index in [2.05, 4.69) is 57.2 Å². The largest absolute Gasteiger partial charge is 0.361 e. The van der Waals surface area contributed by atoms with Gasteiger partial charge in [-0.3, -0.25) is 4.79 Å². The Hall–Kier alpha value is -3.28. The number of H-pyrrole nitrogens is 1. The van der Waals surface area contributed by atoms with Gasteiger partial charge in [0.1, 0.15) is 0 Å². The number of carbonyl (C=O) groups excluding carboxylic acids is 1. The van der Waals surface area contributed by atoms with E-state index < -0.39 is 0 Å². The number of aliphatic imine (C=N–C) groups is 1. The second kappa shape index (κ2) is 10.3. The molecule has 1 amide bonds. The molecule has 6 nitrogen and oxygen atoms in total. The molecule has 0 radical (unpaired) electrons. The number of aromatic nitrogens is 1. The molecule has 3 aromatic rings. The number of nitrogens with zero attached hydrogens (tertiary/aromatic N) is 1. The molecule has 0 saturated carbocycles. The van der Waals surface area contributed by atoms with Crippen molar-refractivity contribution in [2.24, 2.45) is 4.99 Å². The van der Waals surface area contributed by atoms with Crippen molar-refractivity contribution in [1.29, 1.82) is 0 Å². The summed E-state index contributed by atoms with van der Waals surface area (Å²) < 4.78 is 0. The molecular weight excluding hydrogens is 362 g/mol. The van der Waals surface area contributed by atoms with E-state index in [9.17, 15) is 4.79 Å². The van der Waals surface area contributed by atoms with Crippen molar-refractivity contribution in [3.8, 4) is 0 Å². The predicted octanol–water partition coefficient (Wildman–Crippen LogP) is 3.22. The first kappa shape index (κ1) is 20.5. The number of para-hydroxylation sites is 1. The zero-order chi connectivity index (χ0) is 20.5. The Kier molecular flexibility index (Phi) is 7.28. The van der Waals surface area contributed by atoms with Crippen molar-refractivity contribution in [1.82, 2.24) is 20.9 Å². The topological polar surface area (TPSA) is 81.3 Å². The third kappa shape index (κ3) is 5.60. The number of hydrogen-bond donors (Lipinski definition) is 4. The maximum Gasteiger partial charge on any atom is 0.251 e. The Morgan fingerprint density at radius 1 is 0.966 bits per heavy atom. The Bertz CT molecular complexity index is 959. The van der Waals surface area contributed by atoms with Gasteiger partial charge < -0.3 is 20.9 Å². The minimum absolute atomic E-state index is 0.0464. The number of nitrogens with one attached hydrogen (secondary N) is 4. The van der Waals surface area contributed by atoms with Crippen LogP contribution in [-0.2, 0) is 13.0 Å². The molecule has 152 valence electrons. The Labute approximate surface area is 171 Å². The molecule has 0 saturated heterocycles. The fourth-order valence-corrected chi connectivity index (χ4v) is 3.19. The molecule has 0 fully saturated rings. The molecule has 3 rings (SSSR count). The summed E-state index contributed by atoms with van der Waals surface area (Å²) >= 11 is 0. The van der Waals surface area contributed by atoms with Gasteiger partial charge in [-0.2, -0.15) is 0 Å². The maximum absolute atomic E-state index is 11.8. The quantitative estimate of drug-likeness (QED) is 0.352. The first-order valence-electron chi connectivity index (χ1n) is 10.2. The number of fused-ring (bicyclic) bond motifs is 1. The van der Waals surface area contributed by atoms with Gasteiger partial charge in [-0.1, -0.05) is 30.3 Å². The lowest BCUT2D eigenvalue weighted by atomic mass is 10.1. The van der Waals surface area contributed by atoms with E-state index in [1.54, 1.807) is 0 Å². The van der Waals surface area contributed by atoms with Crippen LogP contribution in [0.25, 0.3) is 10.9 Å². The van der Waals surface area contributed by atoms with Crippen molar-refractivity contribution in [2.45, 2.75) is 26.8 Å². The van der Waals surface area contributed by atoms with Gasteiger partial charge in [0.25, 0.3) is 5.91 Å². The van der Waals surface area contributed by atoms with E-state index in [4.69, 9.17) is 0 Å². The van der Waals surface area contributed by atoms with Gasteiger partial charge in [0.15, 0.2) is 5.96 Å². The highest BCUT2D eigenvalue weighted by Gasteiger charge is 2.05. The van der Waals surface area contributed by atoms with Crippen molar-refractivity contribution in [2.75, 3.05) is 19.6 Å². The van der Waals surface area contributed by atoms with Crippen LogP contribution < -0.4 is 16.0 Å². The van der Waals surface area contributed by atoms with Crippen molar-refractivity contribution >= 4 is 22.8 Å². The van der Waals surface area contributed by atoms with Crippen LogP contribution in [0.1, 0.15) is 35.3 Å². The van der Waals surface area contributed by atoms with Crippen LogP contribution in [0.2, 0.25) is 0 Å². The van der Waals surface area contributed by atoms with E-state index in [0.29, 0.717) is 18.7 Å². The van der Waals surface area contributed by atoms with Gasteiger partial charge >= 0.3 is 0 Å². The summed E-state index contributed by atoms with van der Waals surface area (Å²) in [7, 11) is 0. The number of guanidine groups is 1. The molecule has 0 spiro atoms. The fraction of sp³-hybridized carbons (Fsp3) is 0.304. The number of aromatic amines is 1. The number of carbonyl (C=O) groups is 1. The molecule has 0 aliphatic heterocycles. The molecule has 0 aliphatic carbocycles. The average Bonchev–Trinajstić information content (AvgIpc) is 3.16. The highest BCUT2D eigenvalue weighted by atomic mass is 16.1. The first-order valence-corrected chi connectivity index (χ1v) is 10.2. The van der Waals surface area contributed by atoms with E-state index >= 15 is 0 Å². The van der Waals surface area contributed by atoms with Crippen LogP contribution >= 0.6 is 0 Å². The number of amides is 1. The number of benzene rings is 2. The molecule has 0 aliphatic rings. The third-order valence-corrected chi connectivity index (χ3v) is 4.68. The van der Waals surface area contributed by atoms with E-state index in [1.165, 1.54) is 16.5 Å². The molecule has 1 heterocycles. The van der Waals surface area contributed by atoms with Crippen molar-refractivity contribution < 1.29 is 4.79 Å². The SMILES string of the molecule is CCNC(=O)c1ccc(CN=C(NCC)NCCc2c[nH]c3ccccc23)cc1. The monoisotopic (exact) mass is 391 g/mol. The number of hydrogen-bond acceptors (Lipinski definition) is 2. The van der Waals surface area contributed by atoms with Gasteiger partial charge in [-0.05, 0) is 49.6 Å². The average molecular weight is 392 g/mol. The summed E-state index contributed by atoms with van der Waals surface area (Å²) in [6, 6.07) is 15.9. The molecule has 0 bridgehead atoms. The lowest BCUT2D eigenvalue weighted by Gasteiger charge is -2.11. The molecule has 1 aromatic heterocycles. The van der Waals surface area contributed by atoms with E-state index in [-0.39, 0.29) is 5.91 Å². The number of rotatable bonds is 8. The Balaban J connectivity index is 1.56. The molecule has 4 N–H and O–H groups in total. The second-order valence-corrected chi connectivity index (χ2v) is 6.79. The second-order valence-electron chi connectivity index (χ2n) is 6.79. The van der Waals surface area contributed by atoms with E-state index in [1.807, 2.05) is 37.3 Å². The lowest BCUT2D eigenvalue weighted by Crippen LogP contribution is -2.38. The third-order valence-electron chi connectivity index (χ3n) is 4.68. The standard InChI is InChI=1S/C23H29N5O/c1-3-24-22(29)18-11-9-17(10-12-18)15-28-23(25-4-2)26-14-13-19-16-27-21-8-6-5-7-20(19)21/h5-12,16,27H,3-4,13-15H2,1-2H3,(H,24,29)(H2,25,26,28). The fourth-order valence-electron chi connectivity index (χ4n) is 3.19. The molecular formula is C23H29N5O. The predicted molar refractivity (Wildman–Crippen MR) is 119 cm³/mol. The lowest BCUT2D eigenvalue weighted by molar-refractivity contribution is 0.0956. The maximum atomic E-state index is 11.8. The highest BCUT2D eigenvalue weighted by molar-refractivity contribution is 5.94.